The van der Waals surface area contributed by atoms with Crippen molar-refractivity contribution in [2.75, 3.05) is 19.8 Å². The largest absolute Gasteiger partial charge is 0.488 e. The van der Waals surface area contributed by atoms with Gasteiger partial charge < -0.3 is 34.1 Å². The Morgan fingerprint density at radius 2 is 1.97 bits per heavy atom. The van der Waals surface area contributed by atoms with Crippen LogP contribution in [0.25, 0.3) is 22.4 Å². The maximum atomic E-state index is 9.87. The molecule has 3 aromatic rings. The Kier molecular flexibility index (Phi) is 5.45. The van der Waals surface area contributed by atoms with Crippen LogP contribution in [0.5, 0.6) is 11.8 Å². The third-order valence-electron chi connectivity index (χ3n) is 5.37. The summed E-state index contributed by atoms with van der Waals surface area (Å²) in [5.74, 6) is 0.647. The number of hydrogen-bond donors (Lipinski definition) is 3. The molecule has 2 saturated heterocycles. The van der Waals surface area contributed by atoms with Crippen molar-refractivity contribution in [3.05, 3.63) is 35.4 Å². The monoisotopic (exact) mass is 447 g/mol. The third-order valence-corrected chi connectivity index (χ3v) is 5.66. The quantitative estimate of drug-likeness (QED) is 0.524. The van der Waals surface area contributed by atoms with E-state index in [2.05, 4.69) is 15.0 Å². The molecule has 5 rings (SSSR count). The lowest BCUT2D eigenvalue weighted by atomic mass is 10.1. The minimum absolute atomic E-state index is 0.0591. The molecule has 0 radical (unpaired) electrons. The van der Waals surface area contributed by atoms with Crippen molar-refractivity contribution in [2.24, 2.45) is 0 Å². The van der Waals surface area contributed by atoms with Gasteiger partial charge in [-0.3, -0.25) is 0 Å². The molecule has 2 aliphatic rings. The van der Waals surface area contributed by atoms with Crippen LogP contribution in [0.15, 0.2) is 30.3 Å². The Hall–Kier alpha value is -2.43. The van der Waals surface area contributed by atoms with E-state index in [-0.39, 0.29) is 43.6 Å². The Bertz CT molecular complexity index is 1070. The number of aliphatic hydroxyl groups excluding tert-OH is 2. The van der Waals surface area contributed by atoms with Gasteiger partial charge in [0.05, 0.1) is 36.1 Å². The number of H-pyrrole nitrogens is 1. The van der Waals surface area contributed by atoms with Gasteiger partial charge >= 0.3 is 0 Å². The maximum Gasteiger partial charge on any atom is 0.296 e. The molecule has 2 aromatic heterocycles. The topological polar surface area (TPSA) is 119 Å². The van der Waals surface area contributed by atoms with Gasteiger partial charge in [0, 0.05) is 5.56 Å². The summed E-state index contributed by atoms with van der Waals surface area (Å²) in [6.07, 6.45) is -2.00. The van der Waals surface area contributed by atoms with E-state index in [1.54, 1.807) is 25.1 Å². The lowest BCUT2D eigenvalue weighted by molar-refractivity contribution is 0.00706. The van der Waals surface area contributed by atoms with Crippen molar-refractivity contribution in [3.63, 3.8) is 0 Å². The fourth-order valence-electron chi connectivity index (χ4n) is 3.80. The van der Waals surface area contributed by atoms with Crippen molar-refractivity contribution in [2.45, 2.75) is 37.4 Å². The molecule has 5 atom stereocenters. The molecule has 0 bridgehead atoms. The van der Waals surface area contributed by atoms with Crippen LogP contribution in [0.3, 0.4) is 0 Å². The number of rotatable bonds is 6. The number of nitrogens with one attached hydrogen (secondary N) is 1. The van der Waals surface area contributed by atoms with Crippen LogP contribution in [-0.4, -0.2) is 75.5 Å². The predicted octanol–water partition coefficient (Wildman–Crippen LogP) is 1.94. The van der Waals surface area contributed by atoms with E-state index in [1.165, 1.54) is 0 Å². The Labute approximate surface area is 182 Å². The van der Waals surface area contributed by atoms with E-state index in [4.69, 9.17) is 35.7 Å². The van der Waals surface area contributed by atoms with Crippen LogP contribution in [0.2, 0.25) is 5.02 Å². The second kappa shape index (κ2) is 8.25. The van der Waals surface area contributed by atoms with Crippen LogP contribution in [-0.2, 0) is 9.47 Å². The summed E-state index contributed by atoms with van der Waals surface area (Å²) in [7, 11) is 0. The van der Waals surface area contributed by atoms with E-state index in [1.807, 2.05) is 12.1 Å². The van der Waals surface area contributed by atoms with Crippen LogP contribution in [0.4, 0.5) is 0 Å². The van der Waals surface area contributed by atoms with Gasteiger partial charge in [-0.2, -0.15) is 4.98 Å². The molecule has 2 unspecified atom stereocenters. The van der Waals surface area contributed by atoms with Gasteiger partial charge in [0.25, 0.3) is 6.01 Å². The van der Waals surface area contributed by atoms with Gasteiger partial charge in [0.1, 0.15) is 30.2 Å². The molecule has 164 valence electrons. The van der Waals surface area contributed by atoms with Gasteiger partial charge in [-0.05, 0) is 37.3 Å². The number of hydrogen-bond acceptors (Lipinski definition) is 8. The second-order valence-corrected chi connectivity index (χ2v) is 8.09. The van der Waals surface area contributed by atoms with Gasteiger partial charge in [-0.25, -0.2) is 4.98 Å². The number of ether oxygens (including phenoxy) is 4. The summed E-state index contributed by atoms with van der Waals surface area (Å²) in [6, 6.07) is 9.34. The Morgan fingerprint density at radius 3 is 2.74 bits per heavy atom. The smallest absolute Gasteiger partial charge is 0.296 e. The first-order chi connectivity index (χ1) is 15.0. The number of pyridine rings is 1. The maximum absolute atomic E-state index is 9.87. The average Bonchev–Trinajstić information content (AvgIpc) is 3.45. The minimum atomic E-state index is -0.638. The highest BCUT2D eigenvalue weighted by Crippen LogP contribution is 2.32. The first-order valence-electron chi connectivity index (χ1n) is 10.0. The molecule has 0 aliphatic carbocycles. The highest BCUT2D eigenvalue weighted by Gasteiger charge is 2.48. The molecule has 1 aromatic carbocycles. The van der Waals surface area contributed by atoms with E-state index in [0.717, 1.165) is 5.56 Å². The number of benzene rings is 1. The van der Waals surface area contributed by atoms with E-state index in [9.17, 15) is 5.11 Å². The normalized spacial score (nSPS) is 26.2. The summed E-state index contributed by atoms with van der Waals surface area (Å²) in [6.45, 7) is 2.28. The van der Waals surface area contributed by atoms with Crippen molar-refractivity contribution >= 4 is 22.8 Å². The van der Waals surface area contributed by atoms with E-state index < -0.39 is 6.10 Å². The molecule has 2 fully saturated rings. The summed E-state index contributed by atoms with van der Waals surface area (Å²) in [5, 5.41) is 19.4. The zero-order valence-electron chi connectivity index (χ0n) is 16.7. The van der Waals surface area contributed by atoms with E-state index in [0.29, 0.717) is 34.2 Å². The lowest BCUT2D eigenvalue weighted by Gasteiger charge is -2.15. The number of aromatic nitrogens is 3. The molecule has 0 spiro atoms. The number of aromatic amines is 1. The number of imidazole rings is 1. The summed E-state index contributed by atoms with van der Waals surface area (Å²) < 4.78 is 22.7. The molecule has 0 amide bonds. The van der Waals surface area contributed by atoms with Crippen LogP contribution in [0.1, 0.15) is 6.92 Å². The molecule has 9 nitrogen and oxygen atoms in total. The average molecular weight is 448 g/mol. The minimum Gasteiger partial charge on any atom is -0.488 e. The first kappa shape index (κ1) is 20.5. The molecule has 4 heterocycles. The summed E-state index contributed by atoms with van der Waals surface area (Å²) >= 11 is 6.47. The zero-order valence-corrected chi connectivity index (χ0v) is 17.5. The van der Waals surface area contributed by atoms with Gasteiger partial charge in [0.15, 0.2) is 11.8 Å². The predicted molar refractivity (Wildman–Crippen MR) is 111 cm³/mol. The van der Waals surface area contributed by atoms with Crippen molar-refractivity contribution in [3.8, 4) is 23.0 Å². The molecule has 0 saturated carbocycles. The highest BCUT2D eigenvalue weighted by atomic mass is 35.5. The lowest BCUT2D eigenvalue weighted by Crippen LogP contribution is -2.34. The van der Waals surface area contributed by atoms with Gasteiger partial charge in [0.2, 0.25) is 0 Å². The van der Waals surface area contributed by atoms with Crippen LogP contribution >= 0.6 is 11.6 Å². The van der Waals surface area contributed by atoms with Crippen LogP contribution in [0, 0.1) is 0 Å². The van der Waals surface area contributed by atoms with Crippen LogP contribution < -0.4 is 9.47 Å². The molecular weight excluding hydrogens is 426 g/mol. The van der Waals surface area contributed by atoms with Crippen molar-refractivity contribution in [1.82, 2.24) is 15.0 Å². The molecular formula is C21H22ClN3O6. The number of aliphatic hydroxyl groups is 2. The van der Waals surface area contributed by atoms with E-state index >= 15 is 0 Å². The first-order valence-corrected chi connectivity index (χ1v) is 10.4. The molecule has 3 N–H and O–H groups in total. The number of halogens is 1. The summed E-state index contributed by atoms with van der Waals surface area (Å²) in [5.41, 5.74) is 2.50. The zero-order chi connectivity index (χ0) is 21.5. The highest BCUT2D eigenvalue weighted by molar-refractivity contribution is 6.33. The standard InChI is InChI=1S/C21H22ClN3O6/c1-10(7-26)30-12-4-2-11(3-5-12)17-13(22)6-14-20(24-17)25-21(23-14)31-16-9-29-18-15(27)8-28-19(16)18/h2-6,10,15-16,18-19,26-27H,7-9H2,1H3,(H,23,24,25)/t10?,15-,16-,18-,19?/m1/s1. The molecule has 31 heavy (non-hydrogen) atoms. The van der Waals surface area contributed by atoms with Crippen molar-refractivity contribution in [1.29, 1.82) is 0 Å². The SMILES string of the molecule is CC(CO)Oc1ccc(-c2nc3nc(O[C@@H]4CO[C@H]5C4OC[C@H]5O)[nH]c3cc2Cl)cc1. The number of fused-ring (bicyclic) bond motifs is 2. The number of nitrogens with zero attached hydrogens (tertiary/aromatic N) is 2. The van der Waals surface area contributed by atoms with Gasteiger partial charge in [-0.1, -0.05) is 11.6 Å². The second-order valence-electron chi connectivity index (χ2n) is 7.69. The fourth-order valence-corrected chi connectivity index (χ4v) is 4.06. The molecule has 2 aliphatic heterocycles. The summed E-state index contributed by atoms with van der Waals surface area (Å²) in [4.78, 5) is 12.1. The molecule has 10 heteroatoms. The third kappa shape index (κ3) is 3.95. The fraction of sp³-hybridized carbons (Fsp3) is 0.429. The van der Waals surface area contributed by atoms with Crippen molar-refractivity contribution < 1.29 is 29.2 Å². The van der Waals surface area contributed by atoms with Gasteiger partial charge in [-0.15, -0.1) is 0 Å². The Morgan fingerprint density at radius 1 is 1.19 bits per heavy atom. The Balaban J connectivity index is 1.36.